The molecular formula is C26H26N4O5. The van der Waals surface area contributed by atoms with Gasteiger partial charge in [-0.15, -0.1) is 0 Å². The molecule has 0 spiro atoms. The third-order valence-corrected chi connectivity index (χ3v) is 6.04. The second kappa shape index (κ2) is 10.0. The van der Waals surface area contributed by atoms with E-state index in [9.17, 15) is 9.59 Å². The molecule has 0 atom stereocenters. The van der Waals surface area contributed by atoms with Crippen molar-refractivity contribution < 1.29 is 23.5 Å². The van der Waals surface area contributed by atoms with E-state index in [0.717, 1.165) is 18.5 Å². The first kappa shape index (κ1) is 22.7. The summed E-state index contributed by atoms with van der Waals surface area (Å²) in [4.78, 5) is 30.8. The van der Waals surface area contributed by atoms with Crippen molar-refractivity contribution in [2.45, 2.75) is 25.4 Å². The van der Waals surface area contributed by atoms with Crippen molar-refractivity contribution in [3.63, 3.8) is 0 Å². The average molecular weight is 475 g/mol. The number of amides is 1. The van der Waals surface area contributed by atoms with Crippen LogP contribution in [0.4, 0.5) is 11.4 Å². The van der Waals surface area contributed by atoms with Crippen molar-refractivity contribution in [1.82, 2.24) is 9.55 Å². The summed E-state index contributed by atoms with van der Waals surface area (Å²) in [5, 5.41) is 7.06. The minimum absolute atomic E-state index is 0.193. The van der Waals surface area contributed by atoms with Crippen LogP contribution in [0.25, 0.3) is 11.0 Å². The molecule has 0 aliphatic carbocycles. The van der Waals surface area contributed by atoms with Crippen LogP contribution >= 0.6 is 0 Å². The number of ether oxygens (including phenoxy) is 2. The van der Waals surface area contributed by atoms with E-state index in [1.807, 2.05) is 18.2 Å². The van der Waals surface area contributed by atoms with Gasteiger partial charge in [0.2, 0.25) is 0 Å². The van der Waals surface area contributed by atoms with Gasteiger partial charge >= 0.3 is 5.97 Å². The second-order valence-electron chi connectivity index (χ2n) is 8.33. The molecule has 1 aromatic carbocycles. The molecule has 1 saturated heterocycles. The summed E-state index contributed by atoms with van der Waals surface area (Å²) in [6.45, 7) is 1.66. The molecule has 4 heterocycles. The number of esters is 1. The lowest BCUT2D eigenvalue weighted by Gasteiger charge is -2.24. The SMILES string of the molecule is COC(=O)c1c(NC(=O)c2ccccc2)c2cc(NC3CCOCC3)cnc2n1Cc1ccco1. The number of aromatic nitrogens is 2. The highest BCUT2D eigenvalue weighted by Crippen LogP contribution is 2.34. The van der Waals surface area contributed by atoms with Gasteiger partial charge in [-0.2, -0.15) is 0 Å². The normalized spacial score (nSPS) is 14.1. The number of fused-ring (bicyclic) bond motifs is 1. The summed E-state index contributed by atoms with van der Waals surface area (Å²) in [6, 6.07) is 14.6. The van der Waals surface area contributed by atoms with Crippen molar-refractivity contribution in [2.24, 2.45) is 0 Å². The number of nitrogens with one attached hydrogen (secondary N) is 2. The number of carbonyl (C=O) groups is 2. The number of hydrogen-bond donors (Lipinski definition) is 2. The van der Waals surface area contributed by atoms with Crippen LogP contribution in [0.3, 0.4) is 0 Å². The minimum atomic E-state index is -0.586. The van der Waals surface area contributed by atoms with Crippen LogP contribution < -0.4 is 10.6 Å². The highest BCUT2D eigenvalue weighted by molar-refractivity contribution is 6.14. The second-order valence-corrected chi connectivity index (χ2v) is 8.33. The summed E-state index contributed by atoms with van der Waals surface area (Å²) in [6.07, 6.45) is 5.09. The van der Waals surface area contributed by atoms with E-state index in [1.54, 1.807) is 47.4 Å². The minimum Gasteiger partial charge on any atom is -0.467 e. The summed E-state index contributed by atoms with van der Waals surface area (Å²) in [5.41, 5.74) is 2.34. The number of pyridine rings is 1. The summed E-state index contributed by atoms with van der Waals surface area (Å²) < 4.78 is 17.8. The van der Waals surface area contributed by atoms with Gasteiger partial charge < -0.3 is 29.1 Å². The molecule has 0 radical (unpaired) electrons. The highest BCUT2D eigenvalue weighted by atomic mass is 16.5. The molecule has 2 N–H and O–H groups in total. The third kappa shape index (κ3) is 4.76. The molecule has 4 aromatic rings. The number of benzene rings is 1. The number of anilines is 2. The number of carbonyl (C=O) groups excluding carboxylic acids is 2. The maximum absolute atomic E-state index is 13.1. The molecule has 9 heteroatoms. The first-order valence-corrected chi connectivity index (χ1v) is 11.5. The first-order chi connectivity index (χ1) is 17.1. The van der Waals surface area contributed by atoms with Crippen LogP contribution in [-0.4, -0.2) is 47.8 Å². The molecule has 5 rings (SSSR count). The number of hydrogen-bond acceptors (Lipinski definition) is 7. The van der Waals surface area contributed by atoms with Crippen LogP contribution in [0.15, 0.2) is 65.4 Å². The van der Waals surface area contributed by atoms with Gasteiger partial charge in [0.15, 0.2) is 5.69 Å². The zero-order valence-corrected chi connectivity index (χ0v) is 19.3. The predicted octanol–water partition coefficient (Wildman–Crippen LogP) is 4.31. The van der Waals surface area contributed by atoms with E-state index >= 15 is 0 Å². The maximum atomic E-state index is 13.1. The van der Waals surface area contributed by atoms with Crippen molar-refractivity contribution in [2.75, 3.05) is 31.0 Å². The maximum Gasteiger partial charge on any atom is 0.356 e. The van der Waals surface area contributed by atoms with Gasteiger partial charge in [-0.25, -0.2) is 9.78 Å². The number of methoxy groups -OCH3 is 1. The lowest BCUT2D eigenvalue weighted by molar-refractivity contribution is 0.0590. The Balaban J connectivity index is 1.62. The zero-order valence-electron chi connectivity index (χ0n) is 19.3. The van der Waals surface area contributed by atoms with Crippen LogP contribution in [-0.2, 0) is 16.0 Å². The highest BCUT2D eigenvalue weighted by Gasteiger charge is 2.27. The molecule has 1 aliphatic heterocycles. The van der Waals surface area contributed by atoms with E-state index in [0.29, 0.717) is 41.3 Å². The molecule has 0 saturated carbocycles. The Morgan fingerprint density at radius 3 is 2.66 bits per heavy atom. The van der Waals surface area contributed by atoms with Gasteiger partial charge in [-0.3, -0.25) is 4.79 Å². The number of nitrogens with zero attached hydrogens (tertiary/aromatic N) is 2. The molecular weight excluding hydrogens is 448 g/mol. The largest absolute Gasteiger partial charge is 0.467 e. The Morgan fingerprint density at radius 2 is 1.94 bits per heavy atom. The predicted molar refractivity (Wildman–Crippen MR) is 131 cm³/mol. The monoisotopic (exact) mass is 474 g/mol. The van der Waals surface area contributed by atoms with Gasteiger partial charge in [0.05, 0.1) is 37.5 Å². The third-order valence-electron chi connectivity index (χ3n) is 6.04. The smallest absolute Gasteiger partial charge is 0.356 e. The fourth-order valence-corrected chi connectivity index (χ4v) is 4.30. The Labute approximate surface area is 202 Å². The molecule has 1 aliphatic rings. The van der Waals surface area contributed by atoms with Crippen molar-refractivity contribution in [3.8, 4) is 0 Å². The summed E-state index contributed by atoms with van der Waals surface area (Å²) in [7, 11) is 1.31. The number of furan rings is 1. The van der Waals surface area contributed by atoms with Crippen molar-refractivity contribution >= 4 is 34.3 Å². The van der Waals surface area contributed by atoms with Gasteiger partial charge in [-0.05, 0) is 43.2 Å². The molecule has 1 amide bonds. The van der Waals surface area contributed by atoms with E-state index < -0.39 is 5.97 Å². The van der Waals surface area contributed by atoms with E-state index in [2.05, 4.69) is 15.6 Å². The van der Waals surface area contributed by atoms with E-state index in [-0.39, 0.29) is 24.2 Å². The van der Waals surface area contributed by atoms with Crippen LogP contribution in [0, 0.1) is 0 Å². The van der Waals surface area contributed by atoms with Gasteiger partial charge in [0.25, 0.3) is 5.91 Å². The van der Waals surface area contributed by atoms with E-state index in [1.165, 1.54) is 7.11 Å². The quantitative estimate of drug-likeness (QED) is 0.384. The van der Waals surface area contributed by atoms with Crippen LogP contribution in [0.2, 0.25) is 0 Å². The lowest BCUT2D eigenvalue weighted by Crippen LogP contribution is -2.27. The average Bonchev–Trinajstić information content (AvgIpc) is 3.51. The fraction of sp³-hybridized carbons (Fsp3) is 0.269. The topological polar surface area (TPSA) is 108 Å². The zero-order chi connectivity index (χ0) is 24.2. The van der Waals surface area contributed by atoms with E-state index in [4.69, 9.17) is 13.9 Å². The summed E-state index contributed by atoms with van der Waals surface area (Å²) >= 11 is 0. The standard InChI is InChI=1S/C26H26N4O5/c1-33-26(32)23-22(29-25(31)17-6-3-2-4-7-17)21-14-19(28-18-9-12-34-13-10-18)15-27-24(21)30(23)16-20-8-5-11-35-20/h2-8,11,14-15,18,28H,9-10,12-13,16H2,1H3,(H,29,31). The van der Waals surface area contributed by atoms with Gasteiger partial charge in [0, 0.05) is 30.2 Å². The molecule has 0 unspecified atom stereocenters. The molecule has 3 aromatic heterocycles. The fourth-order valence-electron chi connectivity index (χ4n) is 4.30. The molecule has 1 fully saturated rings. The molecule has 180 valence electrons. The first-order valence-electron chi connectivity index (χ1n) is 11.5. The molecule has 35 heavy (non-hydrogen) atoms. The Bertz CT molecular complexity index is 1330. The van der Waals surface area contributed by atoms with Crippen LogP contribution in [0.5, 0.6) is 0 Å². The molecule has 9 nitrogen and oxygen atoms in total. The Kier molecular flexibility index (Phi) is 6.49. The van der Waals surface area contributed by atoms with Crippen LogP contribution in [0.1, 0.15) is 39.4 Å². The number of rotatable bonds is 7. The Hall–Kier alpha value is -4.11. The van der Waals surface area contributed by atoms with Crippen molar-refractivity contribution in [3.05, 3.63) is 78.0 Å². The summed E-state index contributed by atoms with van der Waals surface area (Å²) in [5.74, 6) is -0.286. The van der Waals surface area contributed by atoms with Gasteiger partial charge in [0.1, 0.15) is 11.4 Å². The Morgan fingerprint density at radius 1 is 1.14 bits per heavy atom. The lowest BCUT2D eigenvalue weighted by atomic mass is 10.1. The molecule has 0 bridgehead atoms. The van der Waals surface area contributed by atoms with Crippen molar-refractivity contribution in [1.29, 1.82) is 0 Å². The van der Waals surface area contributed by atoms with Gasteiger partial charge in [-0.1, -0.05) is 18.2 Å².